The molecule has 0 aliphatic heterocycles. The van der Waals surface area contributed by atoms with Crippen LogP contribution in [-0.4, -0.2) is 6.18 Å². The molecule has 0 amide bonds. The summed E-state index contributed by atoms with van der Waals surface area (Å²) in [5.74, 6) is -3.68. The van der Waals surface area contributed by atoms with Gasteiger partial charge >= 0.3 is 12.2 Å². The minimum Gasteiger partial charge on any atom is -0.426 e. The van der Waals surface area contributed by atoms with Crippen LogP contribution in [0.25, 0.3) is 0 Å². The molecule has 9 heteroatoms. The Morgan fingerprint density at radius 1 is 1.11 bits per heavy atom. The fourth-order valence-corrected chi connectivity index (χ4v) is 1.50. The maximum absolute atomic E-state index is 12.9. The predicted molar refractivity (Wildman–Crippen MR) is 56.8 cm³/mol. The van der Waals surface area contributed by atoms with Gasteiger partial charge in [-0.3, -0.25) is 0 Å². The smallest absolute Gasteiger partial charge is 0.426 e. The molecule has 0 radical (unpaired) electrons. The van der Waals surface area contributed by atoms with Gasteiger partial charge in [-0.2, -0.15) is 22.0 Å². The van der Waals surface area contributed by atoms with E-state index < -0.39 is 23.8 Å². The lowest BCUT2D eigenvalue weighted by Crippen LogP contribution is -2.11. The molecule has 0 spiro atoms. The fraction of sp³-hybridized carbons (Fsp3) is 0.111. The topological polar surface area (TPSA) is 35.2 Å². The highest BCUT2D eigenvalue weighted by atomic mass is 35.5. The molecule has 0 aliphatic carbocycles. The lowest BCUT2D eigenvalue weighted by atomic mass is 10.3. The molecule has 2 nitrogen and oxygen atoms in total. The predicted octanol–water partition coefficient (Wildman–Crippen LogP) is 4.62. The molecule has 0 heterocycles. The molecule has 0 saturated carbocycles. The number of halogens is 7. The van der Waals surface area contributed by atoms with Crippen LogP contribution in [0.1, 0.15) is 0 Å². The summed E-state index contributed by atoms with van der Waals surface area (Å²) in [5.41, 5.74) is 5.39. The lowest BCUT2D eigenvalue weighted by molar-refractivity contribution is -0.114. The zero-order valence-corrected chi connectivity index (χ0v) is 9.80. The monoisotopic (exact) mass is 307 g/mol. The first-order valence-electron chi connectivity index (χ1n) is 4.17. The molecule has 0 fully saturated rings. The number of ether oxygens (including phenoxy) is 1. The Morgan fingerprint density at radius 3 is 1.94 bits per heavy atom. The number of benzene rings is 1. The van der Waals surface area contributed by atoms with Crippen LogP contribution in [0, 0.1) is 0 Å². The summed E-state index contributed by atoms with van der Waals surface area (Å²) in [7, 11) is 0. The van der Waals surface area contributed by atoms with Gasteiger partial charge in [0.05, 0.1) is 10.0 Å². The number of nitrogen functional groups attached to an aromatic ring is 1. The number of anilines is 1. The SMILES string of the molecule is Nc1cc(Cl)c(OC(F)=C(F)C(F)(F)F)c(Cl)c1. The zero-order chi connectivity index (χ0) is 14.1. The molecule has 0 aromatic heterocycles. The molecule has 100 valence electrons. The minimum absolute atomic E-state index is 0.0815. The standard InChI is InChI=1S/C9H4Cl2F5NO/c10-4-1-3(17)2-5(11)6(4)18-8(13)7(12)9(14,15)16/h1-2H,17H2. The van der Waals surface area contributed by atoms with Crippen LogP contribution in [0.2, 0.25) is 10.0 Å². The number of alkyl halides is 3. The summed E-state index contributed by atoms with van der Waals surface area (Å²) < 4.78 is 64.8. The summed E-state index contributed by atoms with van der Waals surface area (Å²) in [6, 6.07) is -0.376. The van der Waals surface area contributed by atoms with Gasteiger partial charge in [-0.25, -0.2) is 0 Å². The molecule has 2 N–H and O–H groups in total. The maximum atomic E-state index is 12.9. The van der Waals surface area contributed by atoms with Crippen LogP contribution in [0.15, 0.2) is 24.0 Å². The second-order valence-corrected chi connectivity index (χ2v) is 3.82. The molecular formula is C9H4Cl2F5NO. The van der Waals surface area contributed by atoms with Crippen molar-refractivity contribution >= 4 is 28.9 Å². The van der Waals surface area contributed by atoms with Crippen molar-refractivity contribution in [1.82, 2.24) is 0 Å². The average Bonchev–Trinajstić information content (AvgIpc) is 2.20. The first-order valence-corrected chi connectivity index (χ1v) is 4.93. The van der Waals surface area contributed by atoms with Crippen molar-refractivity contribution in [2.75, 3.05) is 5.73 Å². The van der Waals surface area contributed by atoms with Crippen LogP contribution >= 0.6 is 23.2 Å². The summed E-state index contributed by atoms with van der Waals surface area (Å²) in [6.07, 6.45) is -5.50. The van der Waals surface area contributed by atoms with Crippen molar-refractivity contribution in [3.63, 3.8) is 0 Å². The molecule has 0 atom stereocenters. The number of hydrogen-bond acceptors (Lipinski definition) is 2. The number of hydrogen-bond donors (Lipinski definition) is 1. The fourth-order valence-electron chi connectivity index (χ4n) is 0.923. The van der Waals surface area contributed by atoms with Crippen molar-refractivity contribution in [2.24, 2.45) is 0 Å². The first kappa shape index (κ1) is 14.8. The van der Waals surface area contributed by atoms with Crippen LogP contribution < -0.4 is 10.5 Å². The van der Waals surface area contributed by atoms with E-state index in [1.165, 1.54) is 0 Å². The van der Waals surface area contributed by atoms with E-state index in [-0.39, 0.29) is 15.7 Å². The van der Waals surface area contributed by atoms with E-state index in [9.17, 15) is 22.0 Å². The molecule has 1 aromatic carbocycles. The summed E-state index contributed by atoms with van der Waals surface area (Å²) in [5, 5.41) is -0.713. The molecule has 0 saturated heterocycles. The van der Waals surface area contributed by atoms with Crippen molar-refractivity contribution in [2.45, 2.75) is 6.18 Å². The van der Waals surface area contributed by atoms with Gasteiger partial charge in [-0.05, 0) is 12.1 Å². The Kier molecular flexibility index (Phi) is 4.28. The van der Waals surface area contributed by atoms with Crippen LogP contribution in [0.3, 0.4) is 0 Å². The molecule has 1 aromatic rings. The quantitative estimate of drug-likeness (QED) is 0.491. The largest absolute Gasteiger partial charge is 0.449 e. The van der Waals surface area contributed by atoms with Gasteiger partial charge in [-0.1, -0.05) is 23.2 Å². The number of allylic oxidation sites excluding steroid dienone is 1. The zero-order valence-electron chi connectivity index (χ0n) is 8.29. The lowest BCUT2D eigenvalue weighted by Gasteiger charge is -2.10. The van der Waals surface area contributed by atoms with Gasteiger partial charge in [0.25, 0.3) is 5.83 Å². The maximum Gasteiger partial charge on any atom is 0.449 e. The van der Waals surface area contributed by atoms with Crippen molar-refractivity contribution < 1.29 is 26.7 Å². The highest BCUT2D eigenvalue weighted by molar-refractivity contribution is 6.37. The third kappa shape index (κ3) is 3.39. The van der Waals surface area contributed by atoms with E-state index in [1.807, 2.05) is 0 Å². The van der Waals surface area contributed by atoms with Gasteiger partial charge in [0.2, 0.25) is 0 Å². The highest BCUT2D eigenvalue weighted by Crippen LogP contribution is 2.38. The van der Waals surface area contributed by atoms with E-state index in [0.29, 0.717) is 0 Å². The van der Waals surface area contributed by atoms with Crippen molar-refractivity contribution in [3.8, 4) is 5.75 Å². The van der Waals surface area contributed by atoms with Gasteiger partial charge in [0.1, 0.15) is 0 Å². The third-order valence-electron chi connectivity index (χ3n) is 1.63. The number of rotatable bonds is 2. The van der Waals surface area contributed by atoms with E-state index in [1.54, 1.807) is 0 Å². The molecular weight excluding hydrogens is 304 g/mol. The summed E-state index contributed by atoms with van der Waals surface area (Å²) >= 11 is 11.0. The van der Waals surface area contributed by atoms with Crippen molar-refractivity contribution in [3.05, 3.63) is 34.0 Å². The van der Waals surface area contributed by atoms with Gasteiger partial charge in [-0.15, -0.1) is 0 Å². The summed E-state index contributed by atoms with van der Waals surface area (Å²) in [6.45, 7) is 0. The van der Waals surface area contributed by atoms with Gasteiger partial charge in [0, 0.05) is 5.69 Å². The second kappa shape index (κ2) is 5.19. The number of nitrogens with two attached hydrogens (primary N) is 1. The van der Waals surface area contributed by atoms with E-state index in [4.69, 9.17) is 28.9 Å². The molecule has 0 aliphatic rings. The molecule has 18 heavy (non-hydrogen) atoms. The second-order valence-electron chi connectivity index (χ2n) is 3.00. The normalized spacial score (nSPS) is 13.3. The van der Waals surface area contributed by atoms with Crippen LogP contribution in [0.4, 0.5) is 27.6 Å². The average molecular weight is 308 g/mol. The molecule has 0 bridgehead atoms. The molecule has 0 unspecified atom stereocenters. The summed E-state index contributed by atoms with van der Waals surface area (Å²) in [4.78, 5) is 0. The Bertz CT molecular complexity index is 477. The highest BCUT2D eigenvalue weighted by Gasteiger charge is 2.39. The Morgan fingerprint density at radius 2 is 1.56 bits per heavy atom. The van der Waals surface area contributed by atoms with Crippen LogP contribution in [-0.2, 0) is 0 Å². The van der Waals surface area contributed by atoms with Crippen LogP contribution in [0.5, 0.6) is 5.75 Å². The minimum atomic E-state index is -5.50. The van der Waals surface area contributed by atoms with Gasteiger partial charge in [0.15, 0.2) is 5.75 Å². The Hall–Kier alpha value is -1.21. The third-order valence-corrected chi connectivity index (χ3v) is 2.20. The van der Waals surface area contributed by atoms with E-state index in [2.05, 4.69) is 4.74 Å². The molecule has 1 rings (SSSR count). The van der Waals surface area contributed by atoms with E-state index in [0.717, 1.165) is 12.1 Å². The van der Waals surface area contributed by atoms with E-state index >= 15 is 0 Å². The van der Waals surface area contributed by atoms with Crippen molar-refractivity contribution in [1.29, 1.82) is 0 Å². The first-order chi connectivity index (χ1) is 8.12. The Labute approximate surface area is 108 Å². The van der Waals surface area contributed by atoms with Gasteiger partial charge < -0.3 is 10.5 Å². The Balaban J connectivity index is 3.14.